The summed E-state index contributed by atoms with van der Waals surface area (Å²) in [5.74, 6) is -1.73. The summed E-state index contributed by atoms with van der Waals surface area (Å²) in [6.07, 6.45) is -3.57. The maximum absolute atomic E-state index is 12.2. The number of benzene rings is 2. The van der Waals surface area contributed by atoms with Gasteiger partial charge in [0.15, 0.2) is 0 Å². The van der Waals surface area contributed by atoms with E-state index in [2.05, 4.69) is 9.47 Å². The minimum atomic E-state index is -1.79. The third-order valence-electron chi connectivity index (χ3n) is 3.62. The Morgan fingerprint density at radius 1 is 0.679 bits per heavy atom. The van der Waals surface area contributed by atoms with Gasteiger partial charge in [0.2, 0.25) is 0 Å². The van der Waals surface area contributed by atoms with E-state index in [9.17, 15) is 19.2 Å². The third kappa shape index (κ3) is 5.66. The van der Waals surface area contributed by atoms with Gasteiger partial charge in [0.25, 0.3) is 12.9 Å². The minimum absolute atomic E-state index is 0.0199. The molecule has 0 radical (unpaired) electrons. The number of carbonyl (C=O) groups excluding carboxylic acids is 4. The van der Waals surface area contributed by atoms with Gasteiger partial charge in [0.1, 0.15) is 0 Å². The Kier molecular flexibility index (Phi) is 7.27. The predicted molar refractivity (Wildman–Crippen MR) is 95.1 cm³/mol. The van der Waals surface area contributed by atoms with Crippen LogP contribution in [0.25, 0.3) is 0 Å². The van der Waals surface area contributed by atoms with Gasteiger partial charge in [-0.15, -0.1) is 0 Å². The summed E-state index contributed by atoms with van der Waals surface area (Å²) in [6, 6.07) is 12.7. The van der Waals surface area contributed by atoms with Crippen molar-refractivity contribution in [3.63, 3.8) is 0 Å². The molecule has 0 aliphatic rings. The molecule has 8 nitrogen and oxygen atoms in total. The zero-order chi connectivity index (χ0) is 20.5. The van der Waals surface area contributed by atoms with Gasteiger partial charge in [-0.3, -0.25) is 9.59 Å². The molecule has 146 valence electrons. The van der Waals surface area contributed by atoms with Crippen LogP contribution in [-0.4, -0.2) is 37.5 Å². The van der Waals surface area contributed by atoms with Crippen molar-refractivity contribution in [1.82, 2.24) is 0 Å². The second-order valence-electron chi connectivity index (χ2n) is 5.74. The van der Waals surface area contributed by atoms with E-state index in [4.69, 9.17) is 9.47 Å². The highest BCUT2D eigenvalue weighted by Gasteiger charge is 2.33. The van der Waals surface area contributed by atoms with Gasteiger partial charge in [0, 0.05) is 0 Å². The Hall–Kier alpha value is -3.68. The average Bonchev–Trinajstić information content (AvgIpc) is 2.68. The molecule has 0 aliphatic heterocycles. The van der Waals surface area contributed by atoms with Crippen molar-refractivity contribution in [1.29, 1.82) is 0 Å². The fourth-order valence-corrected chi connectivity index (χ4v) is 2.13. The number of esters is 2. The molecule has 0 unspecified atom stereocenters. The topological polar surface area (TPSA) is 105 Å². The minimum Gasteiger partial charge on any atom is -0.419 e. The van der Waals surface area contributed by atoms with Crippen LogP contribution in [0.2, 0.25) is 0 Å². The quantitative estimate of drug-likeness (QED) is 0.367. The normalized spacial score (nSPS) is 12.2. The van der Waals surface area contributed by atoms with Crippen molar-refractivity contribution >= 4 is 24.9 Å². The van der Waals surface area contributed by atoms with E-state index in [0.29, 0.717) is 0 Å². The van der Waals surface area contributed by atoms with E-state index in [1.807, 2.05) is 13.8 Å². The summed E-state index contributed by atoms with van der Waals surface area (Å²) < 4.78 is 19.4. The molecule has 2 aromatic carbocycles. The van der Waals surface area contributed by atoms with Gasteiger partial charge in [0.05, 0.1) is 11.1 Å². The molecule has 0 aromatic heterocycles. The molecular weight excluding hydrogens is 368 g/mol. The Balaban J connectivity index is 2.15. The summed E-state index contributed by atoms with van der Waals surface area (Å²) in [5, 5.41) is 0. The van der Waals surface area contributed by atoms with Crippen LogP contribution < -0.4 is 0 Å². The second-order valence-corrected chi connectivity index (χ2v) is 5.74. The fraction of sp³-hybridized carbons (Fsp3) is 0.200. The van der Waals surface area contributed by atoms with E-state index < -0.39 is 24.5 Å². The van der Waals surface area contributed by atoms with Crippen molar-refractivity contribution in [3.8, 4) is 0 Å². The second kappa shape index (κ2) is 9.86. The first-order valence-electron chi connectivity index (χ1n) is 8.18. The molecule has 0 bridgehead atoms. The van der Waals surface area contributed by atoms with Crippen LogP contribution in [0.5, 0.6) is 0 Å². The van der Waals surface area contributed by atoms with Gasteiger partial charge in [-0.2, -0.15) is 0 Å². The lowest BCUT2D eigenvalue weighted by Gasteiger charge is -2.23. The summed E-state index contributed by atoms with van der Waals surface area (Å²) in [7, 11) is 0. The SMILES string of the molecule is Cc1ccc(C(=O)O[C@@H](OC=O)[C@H](OC=O)OC(=O)c2ccc(C)cc2)cc1. The first-order valence-corrected chi connectivity index (χ1v) is 8.18. The molecule has 0 aliphatic carbocycles. The maximum Gasteiger partial charge on any atom is 0.341 e. The van der Waals surface area contributed by atoms with Crippen LogP contribution in [0.3, 0.4) is 0 Å². The van der Waals surface area contributed by atoms with Crippen LogP contribution in [0.4, 0.5) is 0 Å². The highest BCUT2D eigenvalue weighted by Crippen LogP contribution is 2.14. The molecule has 0 heterocycles. The lowest BCUT2D eigenvalue weighted by molar-refractivity contribution is -0.229. The van der Waals surface area contributed by atoms with Gasteiger partial charge in [-0.25, -0.2) is 9.59 Å². The molecule has 0 amide bonds. The van der Waals surface area contributed by atoms with Crippen LogP contribution in [0.1, 0.15) is 31.8 Å². The molecule has 0 N–H and O–H groups in total. The van der Waals surface area contributed by atoms with Crippen molar-refractivity contribution < 1.29 is 38.1 Å². The standard InChI is InChI=1S/C20H18O8/c1-13-3-7-15(8-4-13)17(23)27-19(25-11-21)20(26-12-22)28-18(24)16-9-5-14(2)6-10-16/h3-12,19-20H,1-2H3/t19-,20-/m1/s1. The molecule has 2 rings (SSSR count). The molecule has 0 saturated heterocycles. The summed E-state index contributed by atoms with van der Waals surface area (Å²) in [5.41, 5.74) is 2.18. The number of hydrogen-bond donors (Lipinski definition) is 0. The van der Waals surface area contributed by atoms with Crippen molar-refractivity contribution in [3.05, 3.63) is 70.8 Å². The van der Waals surface area contributed by atoms with Gasteiger partial charge in [-0.1, -0.05) is 35.4 Å². The first-order chi connectivity index (χ1) is 13.4. The van der Waals surface area contributed by atoms with E-state index in [0.717, 1.165) is 11.1 Å². The largest absolute Gasteiger partial charge is 0.419 e. The highest BCUT2D eigenvalue weighted by atomic mass is 16.8. The third-order valence-corrected chi connectivity index (χ3v) is 3.62. The summed E-state index contributed by atoms with van der Waals surface area (Å²) in [4.78, 5) is 46.0. The molecule has 8 heteroatoms. The lowest BCUT2D eigenvalue weighted by Crippen LogP contribution is -2.39. The molecule has 0 fully saturated rings. The predicted octanol–water partition coefficient (Wildman–Crippen LogP) is 2.32. The first kappa shape index (κ1) is 20.6. The van der Waals surface area contributed by atoms with E-state index in [1.54, 1.807) is 24.3 Å². The van der Waals surface area contributed by atoms with Crippen molar-refractivity contribution in [2.75, 3.05) is 0 Å². The maximum atomic E-state index is 12.2. The number of ether oxygens (including phenoxy) is 4. The zero-order valence-corrected chi connectivity index (χ0v) is 15.2. The van der Waals surface area contributed by atoms with Gasteiger partial charge < -0.3 is 18.9 Å². The van der Waals surface area contributed by atoms with Crippen molar-refractivity contribution in [2.24, 2.45) is 0 Å². The number of aryl methyl sites for hydroxylation is 2. The van der Waals surface area contributed by atoms with Crippen molar-refractivity contribution in [2.45, 2.75) is 26.4 Å². The summed E-state index contributed by atoms with van der Waals surface area (Å²) >= 11 is 0. The van der Waals surface area contributed by atoms with E-state index in [1.165, 1.54) is 24.3 Å². The Bertz CT molecular complexity index is 755. The van der Waals surface area contributed by atoms with E-state index >= 15 is 0 Å². The Morgan fingerprint density at radius 2 is 1.00 bits per heavy atom. The average molecular weight is 386 g/mol. The Labute approximate surface area is 161 Å². The van der Waals surface area contributed by atoms with E-state index in [-0.39, 0.29) is 24.1 Å². The van der Waals surface area contributed by atoms with Crippen LogP contribution in [0.15, 0.2) is 48.5 Å². The van der Waals surface area contributed by atoms with Crippen LogP contribution in [0, 0.1) is 13.8 Å². The lowest BCUT2D eigenvalue weighted by atomic mass is 10.1. The van der Waals surface area contributed by atoms with Crippen LogP contribution >= 0.6 is 0 Å². The Morgan fingerprint density at radius 3 is 1.29 bits per heavy atom. The molecule has 0 saturated carbocycles. The number of carbonyl (C=O) groups is 4. The number of hydrogen-bond acceptors (Lipinski definition) is 8. The molecular formula is C20H18O8. The molecule has 0 spiro atoms. The number of rotatable bonds is 9. The van der Waals surface area contributed by atoms with Gasteiger partial charge in [-0.05, 0) is 38.1 Å². The van der Waals surface area contributed by atoms with Crippen LogP contribution in [-0.2, 0) is 28.5 Å². The van der Waals surface area contributed by atoms with Gasteiger partial charge >= 0.3 is 24.5 Å². The molecule has 2 aromatic rings. The zero-order valence-electron chi connectivity index (χ0n) is 15.2. The smallest absolute Gasteiger partial charge is 0.341 e. The molecule has 28 heavy (non-hydrogen) atoms. The molecule has 2 atom stereocenters. The summed E-state index contributed by atoms with van der Waals surface area (Å²) in [6.45, 7) is 3.64. The monoisotopic (exact) mass is 386 g/mol. The fourth-order valence-electron chi connectivity index (χ4n) is 2.13. The highest BCUT2D eigenvalue weighted by molar-refractivity contribution is 5.90.